The van der Waals surface area contributed by atoms with E-state index in [-0.39, 0.29) is 5.91 Å². The third-order valence-electron chi connectivity index (χ3n) is 3.47. The van der Waals surface area contributed by atoms with Gasteiger partial charge in [0.1, 0.15) is 11.5 Å². The zero-order chi connectivity index (χ0) is 16.4. The Labute approximate surface area is 138 Å². The second kappa shape index (κ2) is 6.26. The third-order valence-corrected chi connectivity index (χ3v) is 3.84. The van der Waals surface area contributed by atoms with Crippen LogP contribution in [0.25, 0.3) is 0 Å². The van der Waals surface area contributed by atoms with Gasteiger partial charge in [0, 0.05) is 23.8 Å². The standard InChI is InChI=1S/C16H16ClN5O/c1-11-7-19-22(8-12-5-3-4-6-13(12)17)15(11)20-16(23)14-9-21(2)10-18-14/h3-7,9-10H,8H2,1-2H3,(H,20,23). The van der Waals surface area contributed by atoms with Gasteiger partial charge >= 0.3 is 0 Å². The van der Waals surface area contributed by atoms with Gasteiger partial charge in [-0.2, -0.15) is 5.10 Å². The molecule has 2 heterocycles. The minimum absolute atomic E-state index is 0.269. The second-order valence-electron chi connectivity index (χ2n) is 5.30. The van der Waals surface area contributed by atoms with Crippen LogP contribution >= 0.6 is 11.6 Å². The molecule has 0 bridgehead atoms. The summed E-state index contributed by atoms with van der Waals surface area (Å²) in [6.07, 6.45) is 4.97. The van der Waals surface area contributed by atoms with Crippen LogP contribution in [-0.2, 0) is 13.6 Å². The average Bonchev–Trinajstić information content (AvgIpc) is 3.10. The van der Waals surface area contributed by atoms with E-state index in [4.69, 9.17) is 11.6 Å². The van der Waals surface area contributed by atoms with Crippen LogP contribution in [0.2, 0.25) is 5.02 Å². The van der Waals surface area contributed by atoms with Crippen LogP contribution in [0.15, 0.2) is 43.0 Å². The Morgan fingerprint density at radius 3 is 2.83 bits per heavy atom. The van der Waals surface area contributed by atoms with E-state index in [0.29, 0.717) is 23.1 Å². The maximum absolute atomic E-state index is 12.3. The highest BCUT2D eigenvalue weighted by Gasteiger charge is 2.15. The normalized spacial score (nSPS) is 10.7. The first-order chi connectivity index (χ1) is 11.0. The molecular formula is C16H16ClN5O. The number of carbonyl (C=O) groups is 1. The molecule has 23 heavy (non-hydrogen) atoms. The smallest absolute Gasteiger partial charge is 0.276 e. The lowest BCUT2D eigenvalue weighted by Crippen LogP contribution is -2.17. The van der Waals surface area contributed by atoms with E-state index in [1.807, 2.05) is 38.2 Å². The lowest BCUT2D eigenvalue weighted by molar-refractivity contribution is 0.102. The molecule has 0 spiro atoms. The highest BCUT2D eigenvalue weighted by atomic mass is 35.5. The molecular weight excluding hydrogens is 314 g/mol. The van der Waals surface area contributed by atoms with Gasteiger partial charge in [-0.1, -0.05) is 29.8 Å². The van der Waals surface area contributed by atoms with Crippen molar-refractivity contribution in [2.45, 2.75) is 13.5 Å². The summed E-state index contributed by atoms with van der Waals surface area (Å²) in [5.41, 5.74) is 2.17. The molecule has 118 valence electrons. The summed E-state index contributed by atoms with van der Waals surface area (Å²) >= 11 is 6.20. The molecule has 3 aromatic rings. The predicted octanol–water partition coefficient (Wildman–Crippen LogP) is 2.88. The minimum atomic E-state index is -0.269. The van der Waals surface area contributed by atoms with Gasteiger partial charge in [-0.15, -0.1) is 0 Å². The highest BCUT2D eigenvalue weighted by molar-refractivity contribution is 6.31. The summed E-state index contributed by atoms with van der Waals surface area (Å²) in [7, 11) is 1.82. The van der Waals surface area contributed by atoms with E-state index in [1.165, 1.54) is 0 Å². The number of imidazole rings is 1. The third kappa shape index (κ3) is 3.27. The molecule has 0 fully saturated rings. The molecule has 0 unspecified atom stereocenters. The van der Waals surface area contributed by atoms with Gasteiger partial charge in [0.2, 0.25) is 0 Å². The number of rotatable bonds is 4. The SMILES string of the molecule is Cc1cnn(Cc2ccccc2Cl)c1NC(=O)c1cn(C)cn1. The van der Waals surface area contributed by atoms with Crippen molar-refractivity contribution in [1.29, 1.82) is 0 Å². The molecule has 1 aromatic carbocycles. The Balaban J connectivity index is 1.84. The van der Waals surface area contributed by atoms with Crippen molar-refractivity contribution in [3.8, 4) is 0 Å². The molecule has 0 atom stereocenters. The van der Waals surface area contributed by atoms with E-state index in [9.17, 15) is 4.79 Å². The maximum Gasteiger partial charge on any atom is 0.276 e. The molecule has 6 nitrogen and oxygen atoms in total. The van der Waals surface area contributed by atoms with E-state index >= 15 is 0 Å². The van der Waals surface area contributed by atoms with Gasteiger partial charge in [-0.05, 0) is 18.6 Å². The summed E-state index contributed by atoms with van der Waals surface area (Å²) in [6, 6.07) is 7.57. The predicted molar refractivity (Wildman–Crippen MR) is 88.7 cm³/mol. The molecule has 3 rings (SSSR count). The Hall–Kier alpha value is -2.60. The van der Waals surface area contributed by atoms with Crippen molar-refractivity contribution in [3.63, 3.8) is 0 Å². The van der Waals surface area contributed by atoms with Crippen molar-refractivity contribution in [2.75, 3.05) is 5.32 Å². The first-order valence-corrected chi connectivity index (χ1v) is 7.47. The fraction of sp³-hybridized carbons (Fsp3) is 0.188. The van der Waals surface area contributed by atoms with Crippen LogP contribution < -0.4 is 5.32 Å². The molecule has 7 heteroatoms. The molecule has 0 radical (unpaired) electrons. The lowest BCUT2D eigenvalue weighted by Gasteiger charge is -2.10. The lowest BCUT2D eigenvalue weighted by atomic mass is 10.2. The molecule has 0 aliphatic heterocycles. The first kappa shape index (κ1) is 15.3. The summed E-state index contributed by atoms with van der Waals surface area (Å²) in [4.78, 5) is 16.3. The zero-order valence-corrected chi connectivity index (χ0v) is 13.6. The van der Waals surface area contributed by atoms with Crippen LogP contribution in [0.5, 0.6) is 0 Å². The van der Waals surface area contributed by atoms with E-state index in [2.05, 4.69) is 15.4 Å². The number of amides is 1. The maximum atomic E-state index is 12.3. The van der Waals surface area contributed by atoms with Gasteiger partial charge in [-0.25, -0.2) is 9.67 Å². The van der Waals surface area contributed by atoms with E-state index in [1.54, 1.807) is 28.0 Å². The van der Waals surface area contributed by atoms with Crippen molar-refractivity contribution in [3.05, 3.63) is 64.8 Å². The molecule has 0 saturated carbocycles. The first-order valence-electron chi connectivity index (χ1n) is 7.09. The zero-order valence-electron chi connectivity index (χ0n) is 12.8. The van der Waals surface area contributed by atoms with Crippen LogP contribution in [0.1, 0.15) is 21.6 Å². The van der Waals surface area contributed by atoms with Gasteiger partial charge in [0.15, 0.2) is 0 Å². The van der Waals surface area contributed by atoms with Gasteiger partial charge < -0.3 is 9.88 Å². The topological polar surface area (TPSA) is 64.7 Å². The van der Waals surface area contributed by atoms with Crippen LogP contribution in [0.3, 0.4) is 0 Å². The summed E-state index contributed by atoms with van der Waals surface area (Å²) < 4.78 is 3.44. The van der Waals surface area contributed by atoms with Crippen LogP contribution in [0, 0.1) is 6.92 Å². The number of hydrogen-bond acceptors (Lipinski definition) is 3. The van der Waals surface area contributed by atoms with Gasteiger partial charge in [0.25, 0.3) is 5.91 Å². The number of benzene rings is 1. The monoisotopic (exact) mass is 329 g/mol. The summed E-state index contributed by atoms with van der Waals surface area (Å²) in [6.45, 7) is 2.37. The molecule has 1 N–H and O–H groups in total. The number of hydrogen-bond donors (Lipinski definition) is 1. The van der Waals surface area contributed by atoms with Gasteiger partial charge in [0.05, 0.1) is 19.1 Å². The van der Waals surface area contributed by atoms with E-state index in [0.717, 1.165) is 11.1 Å². The van der Waals surface area contributed by atoms with Crippen molar-refractivity contribution in [1.82, 2.24) is 19.3 Å². The number of aromatic nitrogens is 4. The largest absolute Gasteiger partial charge is 0.340 e. The number of nitrogens with one attached hydrogen (secondary N) is 1. The highest BCUT2D eigenvalue weighted by Crippen LogP contribution is 2.20. The summed E-state index contributed by atoms with van der Waals surface area (Å²) in [5.74, 6) is 0.371. The Kier molecular flexibility index (Phi) is 4.16. The summed E-state index contributed by atoms with van der Waals surface area (Å²) in [5, 5.41) is 7.86. The average molecular weight is 330 g/mol. The number of anilines is 1. The van der Waals surface area contributed by atoms with Crippen LogP contribution in [-0.4, -0.2) is 25.2 Å². The Bertz CT molecular complexity index is 852. The number of carbonyl (C=O) groups excluding carboxylic acids is 1. The quantitative estimate of drug-likeness (QED) is 0.800. The fourth-order valence-corrected chi connectivity index (χ4v) is 2.45. The van der Waals surface area contributed by atoms with Crippen molar-refractivity contribution < 1.29 is 4.79 Å². The molecule has 0 aliphatic rings. The van der Waals surface area contributed by atoms with Crippen LogP contribution in [0.4, 0.5) is 5.82 Å². The van der Waals surface area contributed by atoms with E-state index < -0.39 is 0 Å². The van der Waals surface area contributed by atoms with Gasteiger partial charge in [-0.3, -0.25) is 4.79 Å². The second-order valence-corrected chi connectivity index (χ2v) is 5.71. The minimum Gasteiger partial charge on any atom is -0.340 e. The number of halogens is 1. The Morgan fingerprint density at radius 1 is 1.35 bits per heavy atom. The van der Waals surface area contributed by atoms with Crippen molar-refractivity contribution >= 4 is 23.3 Å². The number of aryl methyl sites for hydroxylation is 2. The van der Waals surface area contributed by atoms with Crippen molar-refractivity contribution in [2.24, 2.45) is 7.05 Å². The fourth-order valence-electron chi connectivity index (χ4n) is 2.25. The molecule has 0 saturated heterocycles. The molecule has 1 amide bonds. The Morgan fingerprint density at radius 2 is 2.13 bits per heavy atom. The molecule has 2 aromatic heterocycles. The molecule has 0 aliphatic carbocycles. The number of nitrogens with zero attached hydrogens (tertiary/aromatic N) is 4.